The molecule has 0 unspecified atom stereocenters. The summed E-state index contributed by atoms with van der Waals surface area (Å²) in [5, 5.41) is 1.75. The molecule has 20 heavy (non-hydrogen) atoms. The van der Waals surface area contributed by atoms with Crippen LogP contribution in [0.2, 0.25) is 5.02 Å². The predicted molar refractivity (Wildman–Crippen MR) is 90.1 cm³/mol. The third-order valence-electron chi connectivity index (χ3n) is 4.66. The summed E-state index contributed by atoms with van der Waals surface area (Å²) in [6.07, 6.45) is 5.65. The molecule has 1 saturated heterocycles. The van der Waals surface area contributed by atoms with Gasteiger partial charge >= 0.3 is 0 Å². The Bertz CT molecular complexity index is 452. The van der Waals surface area contributed by atoms with Gasteiger partial charge in [0, 0.05) is 37.6 Å². The van der Waals surface area contributed by atoms with Gasteiger partial charge in [0.25, 0.3) is 0 Å². The number of benzene rings is 1. The molecule has 0 bridgehead atoms. The van der Waals surface area contributed by atoms with Crippen LogP contribution in [0.15, 0.2) is 18.2 Å². The lowest BCUT2D eigenvalue weighted by molar-refractivity contribution is 0.187. The SMILES string of the molecule is Clc1cc(CBr)ccc1N1CCN(C2CCCC2)CC1. The Kier molecular flexibility index (Phi) is 4.90. The smallest absolute Gasteiger partial charge is 0.0642 e. The van der Waals surface area contributed by atoms with E-state index in [4.69, 9.17) is 11.6 Å². The van der Waals surface area contributed by atoms with Crippen molar-refractivity contribution in [1.82, 2.24) is 4.90 Å². The highest BCUT2D eigenvalue weighted by molar-refractivity contribution is 9.08. The Labute approximate surface area is 135 Å². The molecule has 0 amide bonds. The summed E-state index contributed by atoms with van der Waals surface area (Å²) in [5.74, 6) is 0. The van der Waals surface area contributed by atoms with Gasteiger partial charge in [0.2, 0.25) is 0 Å². The second kappa shape index (κ2) is 6.67. The molecule has 0 radical (unpaired) electrons. The Balaban J connectivity index is 1.62. The number of hydrogen-bond donors (Lipinski definition) is 0. The minimum absolute atomic E-state index is 0.850. The molecular weight excluding hydrogens is 336 g/mol. The normalized spacial score (nSPS) is 21.6. The van der Waals surface area contributed by atoms with Crippen LogP contribution in [-0.2, 0) is 5.33 Å². The Morgan fingerprint density at radius 2 is 1.80 bits per heavy atom. The first kappa shape index (κ1) is 14.7. The topological polar surface area (TPSA) is 6.48 Å². The maximum atomic E-state index is 6.43. The lowest BCUT2D eigenvalue weighted by Gasteiger charge is -2.39. The number of alkyl halides is 1. The number of anilines is 1. The van der Waals surface area contributed by atoms with Crippen molar-refractivity contribution >= 4 is 33.2 Å². The van der Waals surface area contributed by atoms with Crippen LogP contribution in [0.1, 0.15) is 31.2 Å². The molecule has 2 fully saturated rings. The number of hydrogen-bond acceptors (Lipinski definition) is 2. The zero-order valence-corrected chi connectivity index (χ0v) is 14.2. The van der Waals surface area contributed by atoms with Crippen LogP contribution in [0.3, 0.4) is 0 Å². The van der Waals surface area contributed by atoms with E-state index in [0.29, 0.717) is 0 Å². The molecule has 0 atom stereocenters. The average Bonchev–Trinajstić information content (AvgIpc) is 3.01. The van der Waals surface area contributed by atoms with Crippen molar-refractivity contribution in [2.75, 3.05) is 31.1 Å². The fourth-order valence-corrected chi connectivity index (χ4v) is 4.16. The van der Waals surface area contributed by atoms with Gasteiger partial charge in [-0.3, -0.25) is 4.90 Å². The van der Waals surface area contributed by atoms with Gasteiger partial charge in [-0.1, -0.05) is 46.4 Å². The van der Waals surface area contributed by atoms with E-state index in [1.54, 1.807) is 0 Å². The van der Waals surface area contributed by atoms with E-state index in [2.05, 4.69) is 43.9 Å². The van der Waals surface area contributed by atoms with Crippen LogP contribution in [0.25, 0.3) is 0 Å². The first-order valence-corrected chi connectivity index (χ1v) is 9.11. The minimum atomic E-state index is 0.850. The van der Waals surface area contributed by atoms with E-state index in [0.717, 1.165) is 29.5 Å². The van der Waals surface area contributed by atoms with E-state index < -0.39 is 0 Å². The monoisotopic (exact) mass is 356 g/mol. The molecule has 1 aliphatic heterocycles. The first-order chi connectivity index (χ1) is 9.78. The highest BCUT2D eigenvalue weighted by Gasteiger charge is 2.26. The predicted octanol–water partition coefficient (Wildman–Crippen LogP) is 4.30. The van der Waals surface area contributed by atoms with Crippen molar-refractivity contribution < 1.29 is 0 Å². The summed E-state index contributed by atoms with van der Waals surface area (Å²) in [6.45, 7) is 4.57. The van der Waals surface area contributed by atoms with Gasteiger partial charge in [-0.25, -0.2) is 0 Å². The van der Waals surface area contributed by atoms with E-state index in [1.165, 1.54) is 50.0 Å². The largest absolute Gasteiger partial charge is 0.368 e. The van der Waals surface area contributed by atoms with Gasteiger partial charge in [-0.2, -0.15) is 0 Å². The van der Waals surface area contributed by atoms with Crippen molar-refractivity contribution in [2.45, 2.75) is 37.1 Å². The molecule has 1 aromatic carbocycles. The van der Waals surface area contributed by atoms with Crippen molar-refractivity contribution in [2.24, 2.45) is 0 Å². The van der Waals surface area contributed by atoms with Crippen LogP contribution < -0.4 is 4.90 Å². The summed E-state index contributed by atoms with van der Waals surface area (Å²) in [6, 6.07) is 7.27. The highest BCUT2D eigenvalue weighted by atomic mass is 79.9. The van der Waals surface area contributed by atoms with Crippen molar-refractivity contribution in [3.8, 4) is 0 Å². The van der Waals surface area contributed by atoms with Crippen LogP contribution in [0.4, 0.5) is 5.69 Å². The quantitative estimate of drug-likeness (QED) is 0.744. The fourth-order valence-electron chi connectivity index (χ4n) is 3.49. The molecule has 1 saturated carbocycles. The summed E-state index contributed by atoms with van der Waals surface area (Å²) < 4.78 is 0. The standard InChI is InChI=1S/C16H22BrClN2/c17-12-13-5-6-16(15(18)11-13)20-9-7-19(8-10-20)14-3-1-2-4-14/h5-6,11,14H,1-4,7-10,12H2. The summed E-state index contributed by atoms with van der Waals surface area (Å²) in [4.78, 5) is 5.12. The number of piperazine rings is 1. The van der Waals surface area contributed by atoms with Crippen LogP contribution in [0, 0.1) is 0 Å². The second-order valence-electron chi connectivity index (χ2n) is 5.88. The van der Waals surface area contributed by atoms with E-state index in [1.807, 2.05) is 0 Å². The van der Waals surface area contributed by atoms with Gasteiger partial charge in [0.05, 0.1) is 10.7 Å². The molecule has 0 N–H and O–H groups in total. The van der Waals surface area contributed by atoms with Crippen molar-refractivity contribution in [3.63, 3.8) is 0 Å². The number of nitrogens with zero attached hydrogens (tertiary/aromatic N) is 2. The average molecular weight is 358 g/mol. The second-order valence-corrected chi connectivity index (χ2v) is 6.85. The van der Waals surface area contributed by atoms with Crippen molar-refractivity contribution in [1.29, 1.82) is 0 Å². The summed E-state index contributed by atoms with van der Waals surface area (Å²) in [7, 11) is 0. The Hall–Kier alpha value is -0.250. The number of halogens is 2. The maximum Gasteiger partial charge on any atom is 0.0642 e. The zero-order chi connectivity index (χ0) is 13.9. The third kappa shape index (κ3) is 3.15. The van der Waals surface area contributed by atoms with Gasteiger partial charge < -0.3 is 4.90 Å². The molecule has 1 aliphatic carbocycles. The summed E-state index contributed by atoms with van der Waals surface area (Å²) >= 11 is 9.91. The number of rotatable bonds is 3. The van der Waals surface area contributed by atoms with Gasteiger partial charge in [-0.05, 0) is 30.5 Å². The molecular formula is C16H22BrClN2. The molecule has 110 valence electrons. The Morgan fingerprint density at radius 1 is 1.10 bits per heavy atom. The van der Waals surface area contributed by atoms with E-state index in [-0.39, 0.29) is 0 Å². The van der Waals surface area contributed by atoms with Gasteiger partial charge in [-0.15, -0.1) is 0 Å². The molecule has 4 heteroatoms. The molecule has 2 nitrogen and oxygen atoms in total. The lowest BCUT2D eigenvalue weighted by atomic mass is 10.1. The highest BCUT2D eigenvalue weighted by Crippen LogP contribution is 2.30. The van der Waals surface area contributed by atoms with Gasteiger partial charge in [0.1, 0.15) is 0 Å². The van der Waals surface area contributed by atoms with Crippen LogP contribution in [0.5, 0.6) is 0 Å². The Morgan fingerprint density at radius 3 is 2.40 bits per heavy atom. The molecule has 1 aromatic rings. The lowest BCUT2D eigenvalue weighted by Crippen LogP contribution is -2.49. The van der Waals surface area contributed by atoms with Crippen LogP contribution >= 0.6 is 27.5 Å². The zero-order valence-electron chi connectivity index (χ0n) is 11.8. The van der Waals surface area contributed by atoms with E-state index in [9.17, 15) is 0 Å². The van der Waals surface area contributed by atoms with E-state index >= 15 is 0 Å². The minimum Gasteiger partial charge on any atom is -0.368 e. The van der Waals surface area contributed by atoms with Crippen LogP contribution in [-0.4, -0.2) is 37.1 Å². The van der Waals surface area contributed by atoms with Crippen molar-refractivity contribution in [3.05, 3.63) is 28.8 Å². The molecule has 0 spiro atoms. The molecule has 1 heterocycles. The molecule has 3 rings (SSSR count). The molecule has 0 aromatic heterocycles. The maximum absolute atomic E-state index is 6.43. The third-order valence-corrected chi connectivity index (χ3v) is 5.61. The van der Waals surface area contributed by atoms with Gasteiger partial charge in [0.15, 0.2) is 0 Å². The molecule has 2 aliphatic rings. The first-order valence-electron chi connectivity index (χ1n) is 7.61. The summed E-state index contributed by atoms with van der Waals surface area (Å²) in [5.41, 5.74) is 2.44. The fraction of sp³-hybridized carbons (Fsp3) is 0.625.